The second kappa shape index (κ2) is 7.75. The van der Waals surface area contributed by atoms with E-state index < -0.39 is 11.9 Å². The maximum atomic E-state index is 12.7. The summed E-state index contributed by atoms with van der Waals surface area (Å²) in [6.07, 6.45) is 0.518. The molecular formula is C21H19N3O5. The predicted molar refractivity (Wildman–Crippen MR) is 103 cm³/mol. The highest BCUT2D eigenvalue weighted by atomic mass is 16.5. The Morgan fingerprint density at radius 1 is 1.14 bits per heavy atom. The van der Waals surface area contributed by atoms with Gasteiger partial charge in [0, 0.05) is 24.2 Å². The second-order valence-electron chi connectivity index (χ2n) is 6.92. The van der Waals surface area contributed by atoms with E-state index in [1.165, 1.54) is 4.90 Å². The predicted octanol–water partition coefficient (Wildman–Crippen LogP) is 1.47. The molecule has 1 saturated heterocycles. The molecule has 4 rings (SSSR count). The third-order valence-corrected chi connectivity index (χ3v) is 4.92. The van der Waals surface area contributed by atoms with Gasteiger partial charge < -0.3 is 15.0 Å². The van der Waals surface area contributed by atoms with Crippen LogP contribution in [0.1, 0.15) is 28.8 Å². The Morgan fingerprint density at radius 2 is 1.93 bits per heavy atom. The number of hydrogen-bond donors (Lipinski definition) is 2. The molecule has 4 amide bonds. The van der Waals surface area contributed by atoms with Crippen LogP contribution >= 0.6 is 0 Å². The molecular weight excluding hydrogens is 374 g/mol. The number of benzene rings is 2. The lowest BCUT2D eigenvalue weighted by molar-refractivity contribution is -0.137. The zero-order valence-corrected chi connectivity index (χ0v) is 15.5. The number of ether oxygens (including phenoxy) is 1. The first-order valence-electron chi connectivity index (χ1n) is 9.26. The molecule has 0 spiro atoms. The van der Waals surface area contributed by atoms with E-state index in [0.29, 0.717) is 23.4 Å². The van der Waals surface area contributed by atoms with Gasteiger partial charge in [0.05, 0.1) is 0 Å². The number of hydrogen-bond acceptors (Lipinski definition) is 5. The molecule has 2 heterocycles. The summed E-state index contributed by atoms with van der Waals surface area (Å²) in [4.78, 5) is 49.7. The van der Waals surface area contributed by atoms with E-state index in [1.54, 1.807) is 30.3 Å². The van der Waals surface area contributed by atoms with Crippen molar-refractivity contribution in [1.29, 1.82) is 0 Å². The Kier molecular flexibility index (Phi) is 4.99. The van der Waals surface area contributed by atoms with Crippen LogP contribution in [0.2, 0.25) is 0 Å². The number of nitrogens with zero attached hydrogens (tertiary/aromatic N) is 1. The highest BCUT2D eigenvalue weighted by Gasteiger charge is 2.39. The Balaban J connectivity index is 1.40. The van der Waals surface area contributed by atoms with Crippen molar-refractivity contribution in [3.05, 3.63) is 59.7 Å². The van der Waals surface area contributed by atoms with Crippen molar-refractivity contribution < 1.29 is 23.9 Å². The monoisotopic (exact) mass is 393 g/mol. The summed E-state index contributed by atoms with van der Waals surface area (Å²) in [5, 5.41) is 5.02. The minimum absolute atomic E-state index is 0.136. The van der Waals surface area contributed by atoms with Gasteiger partial charge in [0.15, 0.2) is 6.61 Å². The van der Waals surface area contributed by atoms with Gasteiger partial charge in [0.25, 0.3) is 11.8 Å². The lowest BCUT2D eigenvalue weighted by atomic mass is 10.0. The Morgan fingerprint density at radius 3 is 2.69 bits per heavy atom. The van der Waals surface area contributed by atoms with E-state index in [2.05, 4.69) is 10.6 Å². The zero-order chi connectivity index (χ0) is 20.4. The molecule has 0 bridgehead atoms. The maximum Gasteiger partial charge on any atom is 0.262 e. The second-order valence-corrected chi connectivity index (χ2v) is 6.92. The molecule has 1 fully saturated rings. The lowest BCUT2D eigenvalue weighted by Gasteiger charge is -2.29. The fraction of sp³-hybridized carbons (Fsp3) is 0.238. The normalized spacial score (nSPS) is 18.3. The van der Waals surface area contributed by atoms with Crippen LogP contribution in [0.15, 0.2) is 48.5 Å². The van der Waals surface area contributed by atoms with Crippen LogP contribution < -0.4 is 15.4 Å². The summed E-state index contributed by atoms with van der Waals surface area (Å²) in [5.41, 5.74) is 1.76. The van der Waals surface area contributed by atoms with Crippen LogP contribution in [0.5, 0.6) is 5.75 Å². The molecule has 0 aromatic heterocycles. The van der Waals surface area contributed by atoms with E-state index in [0.717, 1.165) is 5.56 Å². The van der Waals surface area contributed by atoms with Gasteiger partial charge in [-0.05, 0) is 42.3 Å². The summed E-state index contributed by atoms with van der Waals surface area (Å²) in [6, 6.07) is 13.4. The van der Waals surface area contributed by atoms with Gasteiger partial charge in [0.2, 0.25) is 11.8 Å². The first-order chi connectivity index (χ1) is 14.0. The molecule has 2 aromatic rings. The molecule has 0 radical (unpaired) electrons. The topological polar surface area (TPSA) is 105 Å². The molecule has 2 aliphatic heterocycles. The van der Waals surface area contributed by atoms with Crippen LogP contribution in [-0.2, 0) is 20.9 Å². The summed E-state index contributed by atoms with van der Waals surface area (Å²) in [7, 11) is 0. The molecule has 8 heteroatoms. The average molecular weight is 393 g/mol. The van der Waals surface area contributed by atoms with E-state index in [-0.39, 0.29) is 37.3 Å². The molecule has 148 valence electrons. The molecule has 0 saturated carbocycles. The third kappa shape index (κ3) is 3.96. The smallest absolute Gasteiger partial charge is 0.262 e. The van der Waals surface area contributed by atoms with Crippen LogP contribution in [0, 0.1) is 0 Å². The minimum Gasteiger partial charge on any atom is -0.484 e. The van der Waals surface area contributed by atoms with Crippen LogP contribution in [0.4, 0.5) is 5.69 Å². The van der Waals surface area contributed by atoms with E-state index in [1.807, 2.05) is 18.2 Å². The molecule has 2 aliphatic rings. The first kappa shape index (κ1) is 18.7. The Labute approximate surface area is 166 Å². The fourth-order valence-electron chi connectivity index (χ4n) is 3.51. The molecule has 1 unspecified atom stereocenters. The first-order valence-corrected chi connectivity index (χ1v) is 9.26. The molecule has 2 N–H and O–H groups in total. The third-order valence-electron chi connectivity index (χ3n) is 4.92. The average Bonchev–Trinajstić information content (AvgIpc) is 3.03. The highest BCUT2D eigenvalue weighted by Crippen LogP contribution is 2.29. The summed E-state index contributed by atoms with van der Waals surface area (Å²) < 4.78 is 5.42. The van der Waals surface area contributed by atoms with Gasteiger partial charge in [-0.3, -0.25) is 24.5 Å². The number of carbonyl (C=O) groups is 4. The van der Waals surface area contributed by atoms with Gasteiger partial charge >= 0.3 is 0 Å². The number of nitrogens with one attached hydrogen (secondary N) is 2. The lowest BCUT2D eigenvalue weighted by Crippen LogP contribution is -2.52. The fourth-order valence-corrected chi connectivity index (χ4v) is 3.51. The maximum absolute atomic E-state index is 12.7. The van der Waals surface area contributed by atoms with Crippen molar-refractivity contribution in [2.24, 2.45) is 0 Å². The van der Waals surface area contributed by atoms with Crippen LogP contribution in [0.3, 0.4) is 0 Å². The van der Waals surface area contributed by atoms with Gasteiger partial charge in [-0.25, -0.2) is 0 Å². The van der Waals surface area contributed by atoms with Gasteiger partial charge in [-0.1, -0.05) is 18.2 Å². The van der Waals surface area contributed by atoms with Gasteiger partial charge in [-0.2, -0.15) is 0 Å². The standard InChI is InChI=1S/C21H19N3O5/c25-18-9-8-17(20(27)23-18)24-11-13-10-14(6-7-16(13)21(24)28)22-19(26)12-29-15-4-2-1-3-5-15/h1-7,10,17H,8-9,11-12H2,(H,22,26)(H,23,25,27). The number of para-hydroxylation sites is 1. The van der Waals surface area contributed by atoms with Crippen LogP contribution in [-0.4, -0.2) is 41.2 Å². The molecule has 2 aromatic carbocycles. The Hall–Kier alpha value is -3.68. The number of imide groups is 1. The SMILES string of the molecule is O=C1CCC(N2Cc3cc(NC(=O)COc4ccccc4)ccc3C2=O)C(=O)N1. The molecule has 1 atom stereocenters. The summed E-state index contributed by atoms with van der Waals surface area (Å²) >= 11 is 0. The van der Waals surface area contributed by atoms with Crippen molar-refractivity contribution in [3.8, 4) is 5.75 Å². The van der Waals surface area contributed by atoms with E-state index in [4.69, 9.17) is 4.74 Å². The van der Waals surface area contributed by atoms with Crippen molar-refractivity contribution in [2.75, 3.05) is 11.9 Å². The van der Waals surface area contributed by atoms with Crippen molar-refractivity contribution in [3.63, 3.8) is 0 Å². The van der Waals surface area contributed by atoms with Crippen molar-refractivity contribution >= 4 is 29.3 Å². The zero-order valence-electron chi connectivity index (χ0n) is 15.5. The van der Waals surface area contributed by atoms with E-state index in [9.17, 15) is 19.2 Å². The number of anilines is 1. The van der Waals surface area contributed by atoms with Gasteiger partial charge in [-0.15, -0.1) is 0 Å². The molecule has 29 heavy (non-hydrogen) atoms. The highest BCUT2D eigenvalue weighted by molar-refractivity contribution is 6.05. The number of piperidine rings is 1. The van der Waals surface area contributed by atoms with Crippen LogP contribution in [0.25, 0.3) is 0 Å². The van der Waals surface area contributed by atoms with Crippen molar-refractivity contribution in [2.45, 2.75) is 25.4 Å². The Bertz CT molecular complexity index is 989. The van der Waals surface area contributed by atoms with Gasteiger partial charge in [0.1, 0.15) is 11.8 Å². The number of carbonyl (C=O) groups excluding carboxylic acids is 4. The largest absolute Gasteiger partial charge is 0.484 e. The summed E-state index contributed by atoms with van der Waals surface area (Å²) in [5.74, 6) is -0.742. The number of rotatable bonds is 5. The number of fused-ring (bicyclic) bond motifs is 1. The molecule has 0 aliphatic carbocycles. The summed E-state index contributed by atoms with van der Waals surface area (Å²) in [6.45, 7) is 0.118. The van der Waals surface area contributed by atoms with Crippen molar-refractivity contribution in [1.82, 2.24) is 10.2 Å². The number of amides is 4. The van der Waals surface area contributed by atoms with E-state index >= 15 is 0 Å². The quantitative estimate of drug-likeness (QED) is 0.749. The molecule has 8 nitrogen and oxygen atoms in total. The minimum atomic E-state index is -0.662.